The van der Waals surface area contributed by atoms with E-state index in [1.807, 2.05) is 0 Å². The first kappa shape index (κ1) is 35.9. The first-order valence-corrected chi connectivity index (χ1v) is 13.8. The van der Waals surface area contributed by atoms with Crippen LogP contribution in [0, 0.1) is 13.8 Å². The Labute approximate surface area is 251 Å². The summed E-state index contributed by atoms with van der Waals surface area (Å²) in [4.78, 5) is 0. The van der Waals surface area contributed by atoms with Gasteiger partial charge in [-0.2, -0.15) is 11.1 Å². The zero-order chi connectivity index (χ0) is 22.6. The second-order valence-corrected chi connectivity index (χ2v) is 10.6. The summed E-state index contributed by atoms with van der Waals surface area (Å²) in [5.74, 6) is 0. The molecule has 0 aliphatic rings. The first-order valence-electron chi connectivity index (χ1n) is 12.2. The van der Waals surface area contributed by atoms with Gasteiger partial charge >= 0.3 is 26.2 Å². The van der Waals surface area contributed by atoms with E-state index in [-0.39, 0.29) is 60.2 Å². The fourth-order valence-electron chi connectivity index (χ4n) is 4.21. The molecule has 0 aliphatic carbocycles. The molecule has 0 N–H and O–H groups in total. The summed E-state index contributed by atoms with van der Waals surface area (Å²) in [6, 6.07) is 24.8. The Balaban J connectivity index is 0. The summed E-state index contributed by atoms with van der Waals surface area (Å²) < 4.78 is 0. The van der Waals surface area contributed by atoms with Crippen LogP contribution >= 0.6 is 0 Å². The molecule has 0 saturated heterocycles. The molecule has 34 heavy (non-hydrogen) atoms. The molecule has 4 heteroatoms. The zero-order valence-corrected chi connectivity index (χ0v) is 28.6. The van der Waals surface area contributed by atoms with Gasteiger partial charge < -0.3 is 34.0 Å². The predicted octanol–water partition coefficient (Wildman–Crippen LogP) is 2.94. The summed E-state index contributed by atoms with van der Waals surface area (Å²) >= 11 is 0. The van der Waals surface area contributed by atoms with Crippen molar-refractivity contribution in [3.05, 3.63) is 82.9 Å². The maximum Gasteiger partial charge on any atom is 4.00 e. The van der Waals surface area contributed by atoms with Crippen LogP contribution in [0.4, 0.5) is 0 Å². The minimum Gasteiger partial charge on any atom is -1.00 e. The van der Waals surface area contributed by atoms with Gasteiger partial charge in [0, 0.05) is 9.52 Å². The molecule has 0 saturated carbocycles. The van der Waals surface area contributed by atoms with E-state index in [0.717, 1.165) is 9.52 Å². The summed E-state index contributed by atoms with van der Waals surface area (Å²) in [7, 11) is 0.815. The maximum absolute atomic E-state index is 2.33. The van der Waals surface area contributed by atoms with Crippen LogP contribution < -0.4 is 34.0 Å². The third-order valence-corrected chi connectivity index (χ3v) is 7.12. The number of hydrogen-bond acceptors (Lipinski definition) is 0. The molecule has 4 aromatic rings. The summed E-state index contributed by atoms with van der Waals surface area (Å²) in [6.45, 7) is 13.4. The van der Waals surface area contributed by atoms with E-state index in [1.54, 1.807) is 0 Å². The van der Waals surface area contributed by atoms with E-state index in [0.29, 0.717) is 0 Å². The molecule has 0 spiro atoms. The molecule has 0 fully saturated rings. The number of benzene rings is 2. The molecule has 0 atom stereocenters. The number of rotatable bonds is 6. The maximum atomic E-state index is 2.33. The Morgan fingerprint density at radius 2 is 0.971 bits per heavy atom. The number of halogens is 2. The molecule has 0 nitrogen and oxygen atoms in total. The van der Waals surface area contributed by atoms with E-state index >= 15 is 0 Å². The van der Waals surface area contributed by atoms with Crippen LogP contribution in [0.3, 0.4) is 0 Å². The van der Waals surface area contributed by atoms with Crippen molar-refractivity contribution >= 4 is 31.1 Å². The quantitative estimate of drug-likeness (QED) is 0.217. The minimum atomic E-state index is 0. The Kier molecular flexibility index (Phi) is 21.0. The van der Waals surface area contributed by atoms with Crippen molar-refractivity contribution in [1.82, 2.24) is 0 Å². The first-order chi connectivity index (χ1) is 15.1. The third-order valence-electron chi connectivity index (χ3n) is 5.97. The van der Waals surface area contributed by atoms with Gasteiger partial charge in [0.2, 0.25) is 0 Å². The monoisotopic (exact) mass is 677 g/mol. The average Bonchev–Trinajstić information content (AvgIpc) is 3.27. The molecule has 0 heterocycles. The standard InChI is InChI=1S/2C13H15.C4H11Si.2BrH.Zr/c2*1-3-6-11-9-12-7-4-5-8-13(12)10(11)2;1-3-5-4-2;;;/h2*4-5,7-9H,3,6H2,1-2H3;5H,3-4H2,1-2H3;2*1H;/q2*-1;;;;+4/p-2. The largest absolute Gasteiger partial charge is 4.00 e. The molecule has 0 bridgehead atoms. The van der Waals surface area contributed by atoms with E-state index in [1.165, 1.54) is 81.6 Å². The van der Waals surface area contributed by atoms with Crippen molar-refractivity contribution in [3.8, 4) is 0 Å². The second-order valence-electron chi connectivity index (χ2n) is 8.37. The fraction of sp³-hybridized carbons (Fsp3) is 0.400. The van der Waals surface area contributed by atoms with Gasteiger partial charge in [0.05, 0.1) is 0 Å². The molecule has 0 aromatic heterocycles. The average molecular weight is 681 g/mol. The topological polar surface area (TPSA) is 0 Å². The van der Waals surface area contributed by atoms with Gasteiger partial charge in [0.1, 0.15) is 0 Å². The van der Waals surface area contributed by atoms with Crippen LogP contribution in [0.1, 0.15) is 62.8 Å². The summed E-state index contributed by atoms with van der Waals surface area (Å²) in [6.07, 6.45) is 4.88. The Morgan fingerprint density at radius 1 is 0.618 bits per heavy atom. The molecule has 4 aromatic carbocycles. The van der Waals surface area contributed by atoms with Gasteiger partial charge in [0.25, 0.3) is 0 Å². The number of hydrogen-bond donors (Lipinski definition) is 0. The van der Waals surface area contributed by atoms with Crippen molar-refractivity contribution in [2.24, 2.45) is 0 Å². The Morgan fingerprint density at radius 3 is 1.24 bits per heavy atom. The minimum absolute atomic E-state index is 0. The molecule has 1 radical (unpaired) electrons. The third kappa shape index (κ3) is 10.4. The molecule has 0 unspecified atom stereocenters. The van der Waals surface area contributed by atoms with Gasteiger partial charge in [-0.1, -0.05) is 78.6 Å². The van der Waals surface area contributed by atoms with Crippen molar-refractivity contribution in [3.63, 3.8) is 0 Å². The van der Waals surface area contributed by atoms with Crippen LogP contribution in [0.15, 0.2) is 60.7 Å². The molecule has 4 rings (SSSR count). The smallest absolute Gasteiger partial charge is 1.00 e. The number of aryl methyl sites for hydroxylation is 4. The van der Waals surface area contributed by atoms with Gasteiger partial charge in [0.15, 0.2) is 0 Å². The van der Waals surface area contributed by atoms with E-state index < -0.39 is 0 Å². The molecule has 0 amide bonds. The van der Waals surface area contributed by atoms with Gasteiger partial charge in [-0.15, -0.1) is 81.2 Å². The fourth-order valence-corrected chi connectivity index (χ4v) is 4.79. The molecule has 0 aliphatic heterocycles. The predicted molar refractivity (Wildman–Crippen MR) is 145 cm³/mol. The molecular weight excluding hydrogens is 639 g/mol. The molecular formula is C30H41Br2SiZr. The van der Waals surface area contributed by atoms with Crippen molar-refractivity contribution in [2.75, 3.05) is 0 Å². The molecule has 183 valence electrons. The van der Waals surface area contributed by atoms with Crippen molar-refractivity contribution < 1.29 is 60.2 Å². The van der Waals surface area contributed by atoms with E-state index in [4.69, 9.17) is 0 Å². The van der Waals surface area contributed by atoms with Gasteiger partial charge in [-0.3, -0.25) is 0 Å². The Bertz CT molecular complexity index is 965. The van der Waals surface area contributed by atoms with E-state index in [9.17, 15) is 0 Å². The van der Waals surface area contributed by atoms with Gasteiger partial charge in [-0.05, 0) is 12.8 Å². The zero-order valence-electron chi connectivity index (χ0n) is 21.8. The van der Waals surface area contributed by atoms with Crippen LogP contribution in [0.25, 0.3) is 21.5 Å². The van der Waals surface area contributed by atoms with Crippen LogP contribution in [0.2, 0.25) is 12.1 Å². The van der Waals surface area contributed by atoms with Crippen LogP contribution in [0.5, 0.6) is 0 Å². The normalized spacial score (nSPS) is 9.59. The second kappa shape index (κ2) is 19.9. The summed E-state index contributed by atoms with van der Waals surface area (Å²) in [5.41, 5.74) is 5.97. The Hall–Kier alpha value is -0.280. The number of fused-ring (bicyclic) bond motifs is 2. The van der Waals surface area contributed by atoms with Gasteiger partial charge in [-0.25, -0.2) is 0 Å². The van der Waals surface area contributed by atoms with E-state index in [2.05, 4.69) is 102 Å². The van der Waals surface area contributed by atoms with Crippen LogP contribution in [-0.4, -0.2) is 9.52 Å². The SMILES string of the molecule is CCCc1[cH-]c2ccccc2c1C.CCCc1[cH-]c2ccccc2c1C.CC[SiH]CC.[Br-].[Br-].[Zr+4]. The summed E-state index contributed by atoms with van der Waals surface area (Å²) in [5, 5.41) is 5.63. The van der Waals surface area contributed by atoms with Crippen molar-refractivity contribution in [1.29, 1.82) is 0 Å². The van der Waals surface area contributed by atoms with Crippen molar-refractivity contribution in [2.45, 2.75) is 79.3 Å². The van der Waals surface area contributed by atoms with Crippen LogP contribution in [-0.2, 0) is 39.0 Å².